The van der Waals surface area contributed by atoms with Crippen LogP contribution < -0.4 is 10.1 Å². The second-order valence-electron chi connectivity index (χ2n) is 10.1. The summed E-state index contributed by atoms with van der Waals surface area (Å²) in [4.78, 5) is 28.3. The fraction of sp³-hybridized carbons (Fsp3) is 0.355. The Morgan fingerprint density at radius 2 is 1.75 bits per heavy atom. The number of rotatable bonds is 7. The van der Waals surface area contributed by atoms with Gasteiger partial charge in [-0.15, -0.1) is 0 Å². The number of hydrogen-bond donors (Lipinski definition) is 1. The molecule has 3 aromatic carbocycles. The van der Waals surface area contributed by atoms with E-state index in [0.29, 0.717) is 12.2 Å². The number of carbonyl (C=O) groups excluding carboxylic acids is 2. The van der Waals surface area contributed by atoms with Crippen LogP contribution in [0.5, 0.6) is 5.75 Å². The molecule has 0 spiro atoms. The van der Waals surface area contributed by atoms with Crippen molar-refractivity contribution in [2.75, 3.05) is 11.9 Å². The van der Waals surface area contributed by atoms with Crippen molar-refractivity contribution in [3.8, 4) is 5.75 Å². The zero-order valence-electron chi connectivity index (χ0n) is 21.3. The summed E-state index contributed by atoms with van der Waals surface area (Å²) in [6.07, 6.45) is 2.72. The second-order valence-corrected chi connectivity index (χ2v) is 10.1. The molecule has 1 heterocycles. The topological polar surface area (TPSA) is 58.6 Å². The minimum absolute atomic E-state index is 0.147. The molecular formula is C31H34N2O3. The van der Waals surface area contributed by atoms with E-state index < -0.39 is 6.10 Å². The molecule has 2 atom stereocenters. The van der Waals surface area contributed by atoms with Gasteiger partial charge in [0.25, 0.3) is 5.91 Å². The van der Waals surface area contributed by atoms with Crippen LogP contribution in [0.4, 0.5) is 5.69 Å². The van der Waals surface area contributed by atoms with Crippen molar-refractivity contribution in [3.63, 3.8) is 0 Å². The summed E-state index contributed by atoms with van der Waals surface area (Å²) in [5.41, 5.74) is 6.46. The monoisotopic (exact) mass is 482 g/mol. The van der Waals surface area contributed by atoms with E-state index in [2.05, 4.69) is 47.5 Å². The number of hydrogen-bond acceptors (Lipinski definition) is 3. The maximum absolute atomic E-state index is 13.3. The van der Waals surface area contributed by atoms with E-state index >= 15 is 0 Å². The van der Waals surface area contributed by atoms with Crippen molar-refractivity contribution < 1.29 is 14.3 Å². The minimum atomic E-state index is -0.617. The largest absolute Gasteiger partial charge is 0.481 e. The van der Waals surface area contributed by atoms with Gasteiger partial charge < -0.3 is 15.0 Å². The summed E-state index contributed by atoms with van der Waals surface area (Å²) in [7, 11) is 0. The first-order chi connectivity index (χ1) is 17.4. The Balaban J connectivity index is 1.43. The van der Waals surface area contributed by atoms with Gasteiger partial charge in [0.05, 0.1) is 6.04 Å². The van der Waals surface area contributed by atoms with Crippen LogP contribution in [0.25, 0.3) is 0 Å². The molecule has 0 radical (unpaired) electrons. The summed E-state index contributed by atoms with van der Waals surface area (Å²) >= 11 is 0. The van der Waals surface area contributed by atoms with Gasteiger partial charge in [-0.25, -0.2) is 0 Å². The molecule has 0 aromatic heterocycles. The van der Waals surface area contributed by atoms with E-state index in [4.69, 9.17) is 4.74 Å². The average Bonchev–Trinajstić information content (AvgIpc) is 3.71. The number of nitrogens with one attached hydrogen (secondary N) is 1. The summed E-state index contributed by atoms with van der Waals surface area (Å²) in [5, 5.41) is 2.98. The smallest absolute Gasteiger partial charge is 0.265 e. The lowest BCUT2D eigenvalue weighted by molar-refractivity contribution is -0.134. The Morgan fingerprint density at radius 1 is 1.00 bits per heavy atom. The maximum atomic E-state index is 13.3. The van der Waals surface area contributed by atoms with Crippen LogP contribution in [0, 0.1) is 19.8 Å². The molecule has 36 heavy (non-hydrogen) atoms. The Kier molecular flexibility index (Phi) is 6.82. The molecule has 0 bridgehead atoms. The normalized spacial score (nSPS) is 17.8. The zero-order valence-corrected chi connectivity index (χ0v) is 21.3. The highest BCUT2D eigenvalue weighted by Crippen LogP contribution is 2.41. The molecule has 1 aliphatic carbocycles. The van der Waals surface area contributed by atoms with Crippen LogP contribution >= 0.6 is 0 Å². The molecule has 0 saturated heterocycles. The predicted octanol–water partition coefficient (Wildman–Crippen LogP) is 5.98. The Bertz CT molecular complexity index is 1280. The van der Waals surface area contributed by atoms with Crippen LogP contribution in [-0.2, 0) is 16.0 Å². The lowest BCUT2D eigenvalue weighted by Crippen LogP contribution is -2.41. The van der Waals surface area contributed by atoms with E-state index in [1.165, 1.54) is 11.1 Å². The SMILES string of the molecule is CCC(Oc1ccc2c(c1)C(c1cccc(C)c1)N(C(=O)C1CC1)CC2)C(=O)Nc1cccc(C)c1. The first-order valence-corrected chi connectivity index (χ1v) is 13.0. The van der Waals surface area contributed by atoms with Crippen LogP contribution in [0.15, 0.2) is 66.7 Å². The van der Waals surface area contributed by atoms with Gasteiger partial charge in [0.1, 0.15) is 5.75 Å². The van der Waals surface area contributed by atoms with E-state index in [9.17, 15) is 9.59 Å². The molecule has 2 aliphatic rings. The first-order valence-electron chi connectivity index (χ1n) is 13.0. The zero-order chi connectivity index (χ0) is 25.2. The van der Waals surface area contributed by atoms with E-state index in [1.807, 2.05) is 50.2 Å². The summed E-state index contributed by atoms with van der Waals surface area (Å²) in [5.74, 6) is 0.899. The Morgan fingerprint density at radius 3 is 2.44 bits per heavy atom. The number of ether oxygens (including phenoxy) is 1. The number of fused-ring (bicyclic) bond motifs is 1. The van der Waals surface area contributed by atoms with Gasteiger partial charge in [0.2, 0.25) is 5.91 Å². The molecule has 2 amide bonds. The van der Waals surface area contributed by atoms with E-state index in [0.717, 1.165) is 48.2 Å². The molecule has 5 heteroatoms. The van der Waals surface area contributed by atoms with Crippen LogP contribution in [0.3, 0.4) is 0 Å². The van der Waals surface area contributed by atoms with Crippen molar-refractivity contribution in [2.45, 2.75) is 58.6 Å². The number of amides is 2. The highest BCUT2D eigenvalue weighted by molar-refractivity contribution is 5.94. The van der Waals surface area contributed by atoms with Crippen LogP contribution in [0.1, 0.15) is 60.0 Å². The van der Waals surface area contributed by atoms with E-state index in [1.54, 1.807) is 0 Å². The fourth-order valence-electron chi connectivity index (χ4n) is 5.10. The Hall–Kier alpha value is -3.60. The van der Waals surface area contributed by atoms with Crippen molar-refractivity contribution in [2.24, 2.45) is 5.92 Å². The molecule has 1 aliphatic heterocycles. The summed E-state index contributed by atoms with van der Waals surface area (Å²) in [6.45, 7) is 6.75. The van der Waals surface area contributed by atoms with Gasteiger partial charge in [0, 0.05) is 18.2 Å². The number of carbonyl (C=O) groups is 2. The van der Waals surface area contributed by atoms with Crippen LogP contribution in [0.2, 0.25) is 0 Å². The van der Waals surface area contributed by atoms with Gasteiger partial charge >= 0.3 is 0 Å². The first kappa shape index (κ1) is 24.1. The minimum Gasteiger partial charge on any atom is -0.481 e. The maximum Gasteiger partial charge on any atom is 0.265 e. The lowest BCUT2D eigenvalue weighted by Gasteiger charge is -2.38. The lowest BCUT2D eigenvalue weighted by atomic mass is 9.87. The molecule has 5 nitrogen and oxygen atoms in total. The third-order valence-electron chi connectivity index (χ3n) is 7.14. The molecule has 1 saturated carbocycles. The van der Waals surface area contributed by atoms with E-state index in [-0.39, 0.29) is 23.8 Å². The molecule has 1 fully saturated rings. The molecular weight excluding hydrogens is 448 g/mol. The fourth-order valence-corrected chi connectivity index (χ4v) is 5.10. The van der Waals surface area contributed by atoms with Crippen molar-refractivity contribution in [1.29, 1.82) is 0 Å². The number of anilines is 1. The third kappa shape index (κ3) is 5.15. The quantitative estimate of drug-likeness (QED) is 0.450. The number of nitrogens with zero attached hydrogens (tertiary/aromatic N) is 1. The second kappa shape index (κ2) is 10.2. The molecule has 186 valence electrons. The van der Waals surface area contributed by atoms with Crippen molar-refractivity contribution in [1.82, 2.24) is 4.90 Å². The van der Waals surface area contributed by atoms with Crippen molar-refractivity contribution >= 4 is 17.5 Å². The molecule has 5 rings (SSSR count). The average molecular weight is 483 g/mol. The van der Waals surface area contributed by atoms with Crippen LogP contribution in [-0.4, -0.2) is 29.4 Å². The third-order valence-corrected chi connectivity index (χ3v) is 7.14. The van der Waals surface area contributed by atoms with Gasteiger partial charge in [-0.1, -0.05) is 55.0 Å². The van der Waals surface area contributed by atoms with Gasteiger partial charge in [-0.3, -0.25) is 9.59 Å². The predicted molar refractivity (Wildman–Crippen MR) is 142 cm³/mol. The number of aryl methyl sites for hydroxylation is 2. The van der Waals surface area contributed by atoms with Crippen molar-refractivity contribution in [3.05, 3.63) is 94.5 Å². The molecule has 1 N–H and O–H groups in total. The van der Waals surface area contributed by atoms with Gasteiger partial charge in [-0.2, -0.15) is 0 Å². The highest BCUT2D eigenvalue weighted by atomic mass is 16.5. The number of benzene rings is 3. The molecule has 3 aromatic rings. The summed E-state index contributed by atoms with van der Waals surface area (Å²) in [6, 6.07) is 22.1. The summed E-state index contributed by atoms with van der Waals surface area (Å²) < 4.78 is 6.24. The molecule has 2 unspecified atom stereocenters. The van der Waals surface area contributed by atoms with Gasteiger partial charge in [-0.05, 0) is 86.1 Å². The Labute approximate surface area is 213 Å². The standard InChI is InChI=1S/C31H34N2O3/c1-4-28(30(34)32-25-10-6-8-21(3)18-25)36-26-14-13-22-15-16-33(31(35)23-11-12-23)29(27(22)19-26)24-9-5-7-20(2)17-24/h5-10,13-14,17-19,23,28-29H,4,11-12,15-16H2,1-3H3,(H,32,34). The highest BCUT2D eigenvalue weighted by Gasteiger charge is 2.39. The van der Waals surface area contributed by atoms with Gasteiger partial charge in [0.15, 0.2) is 6.10 Å².